The molecule has 0 radical (unpaired) electrons. The number of fused-ring (bicyclic) bond motifs is 2. The zero-order valence-corrected chi connectivity index (χ0v) is 13.3. The van der Waals surface area contributed by atoms with Crippen LogP contribution >= 0.6 is 0 Å². The van der Waals surface area contributed by atoms with Crippen LogP contribution in [0.25, 0.3) is 5.82 Å². The van der Waals surface area contributed by atoms with Crippen LogP contribution in [0.5, 0.6) is 0 Å². The van der Waals surface area contributed by atoms with Crippen molar-refractivity contribution in [3.63, 3.8) is 0 Å². The van der Waals surface area contributed by atoms with Gasteiger partial charge in [-0.25, -0.2) is 14.5 Å². The van der Waals surface area contributed by atoms with Gasteiger partial charge >= 0.3 is 5.69 Å². The fraction of sp³-hybridized carbons (Fsp3) is 0.600. The molecule has 2 aromatic rings. The van der Waals surface area contributed by atoms with Crippen molar-refractivity contribution in [2.75, 3.05) is 6.61 Å². The molecule has 0 aromatic carbocycles. The largest absolute Gasteiger partial charge is 0.370 e. The summed E-state index contributed by atoms with van der Waals surface area (Å²) in [6.45, 7) is 6.68. The van der Waals surface area contributed by atoms with Gasteiger partial charge in [-0.15, -0.1) is 0 Å². The van der Waals surface area contributed by atoms with Gasteiger partial charge in [0.15, 0.2) is 12.0 Å². The molecule has 0 saturated carbocycles. The quantitative estimate of drug-likeness (QED) is 0.834. The summed E-state index contributed by atoms with van der Waals surface area (Å²) in [5.74, 6) is 0.728. The molecule has 4 rings (SSSR count). The third kappa shape index (κ3) is 1.98. The van der Waals surface area contributed by atoms with Crippen molar-refractivity contribution in [1.29, 1.82) is 0 Å². The third-order valence-electron chi connectivity index (χ3n) is 5.10. The molecule has 8 heteroatoms. The van der Waals surface area contributed by atoms with Crippen molar-refractivity contribution in [2.45, 2.75) is 45.1 Å². The van der Waals surface area contributed by atoms with Gasteiger partial charge in [0, 0.05) is 17.7 Å². The van der Waals surface area contributed by atoms with E-state index >= 15 is 0 Å². The molecule has 1 unspecified atom stereocenters. The van der Waals surface area contributed by atoms with Crippen LogP contribution in [0.1, 0.15) is 32.1 Å². The topological polar surface area (TPSA) is 84.1 Å². The molecule has 2 saturated heterocycles. The Morgan fingerprint density at radius 3 is 2.96 bits per heavy atom. The van der Waals surface area contributed by atoms with Crippen molar-refractivity contribution in [2.24, 2.45) is 5.92 Å². The van der Waals surface area contributed by atoms with Gasteiger partial charge in [-0.3, -0.25) is 4.57 Å². The SMILES string of the molecule is CC[C@@]12COC([C@H](n3cc(C)c(-n4cncn4)nc3=O)O1)[C@H]2C. The molecule has 4 heterocycles. The number of ether oxygens (including phenoxy) is 2. The van der Waals surface area contributed by atoms with Gasteiger partial charge in [0.05, 0.1) is 12.2 Å². The van der Waals surface area contributed by atoms with Crippen molar-refractivity contribution >= 4 is 0 Å². The van der Waals surface area contributed by atoms with Crippen LogP contribution in [0, 0.1) is 12.8 Å². The van der Waals surface area contributed by atoms with Crippen molar-refractivity contribution in [3.8, 4) is 5.82 Å². The van der Waals surface area contributed by atoms with Gasteiger partial charge in [-0.05, 0) is 13.3 Å². The molecular formula is C15H19N5O3. The summed E-state index contributed by atoms with van der Waals surface area (Å²) in [4.78, 5) is 20.5. The highest BCUT2D eigenvalue weighted by Crippen LogP contribution is 2.50. The number of nitrogens with zero attached hydrogens (tertiary/aromatic N) is 5. The molecule has 2 aliphatic rings. The summed E-state index contributed by atoms with van der Waals surface area (Å²) >= 11 is 0. The Kier molecular flexibility index (Phi) is 3.14. The van der Waals surface area contributed by atoms with E-state index in [1.165, 1.54) is 21.9 Å². The smallest absolute Gasteiger partial charge is 0.351 e. The van der Waals surface area contributed by atoms with E-state index in [-0.39, 0.29) is 23.3 Å². The standard InChI is InChI=1S/C15H19N5O3/c1-4-15-6-22-11(10(15)3)13(23-15)19-5-9(2)12(18-14(19)21)20-8-16-7-17-20/h5,7-8,10-11,13H,4,6H2,1-3H3/t10-,11?,13-,15+/m1/s1. The van der Waals surface area contributed by atoms with Crippen LogP contribution in [0.3, 0.4) is 0 Å². The molecule has 0 amide bonds. The molecular weight excluding hydrogens is 298 g/mol. The molecule has 0 N–H and O–H groups in total. The maximum absolute atomic E-state index is 12.5. The van der Waals surface area contributed by atoms with Crippen LogP contribution in [0.15, 0.2) is 23.6 Å². The Hall–Kier alpha value is -2.06. The van der Waals surface area contributed by atoms with Crippen LogP contribution in [0.4, 0.5) is 0 Å². The summed E-state index contributed by atoms with van der Waals surface area (Å²) in [5.41, 5.74) is 0.146. The second-order valence-electron chi connectivity index (χ2n) is 6.27. The van der Waals surface area contributed by atoms with E-state index in [0.29, 0.717) is 12.4 Å². The van der Waals surface area contributed by atoms with Gasteiger partial charge in [-0.1, -0.05) is 13.8 Å². The van der Waals surface area contributed by atoms with Crippen LogP contribution < -0.4 is 5.69 Å². The second-order valence-corrected chi connectivity index (χ2v) is 6.27. The first kappa shape index (κ1) is 14.5. The van der Waals surface area contributed by atoms with Gasteiger partial charge in [0.1, 0.15) is 18.8 Å². The highest BCUT2D eigenvalue weighted by atomic mass is 16.6. The van der Waals surface area contributed by atoms with Crippen molar-refractivity contribution < 1.29 is 9.47 Å². The maximum atomic E-state index is 12.5. The average Bonchev–Trinajstić information content (AvgIpc) is 3.25. The number of aryl methyl sites for hydroxylation is 1. The van der Waals surface area contributed by atoms with E-state index in [4.69, 9.17) is 9.47 Å². The van der Waals surface area contributed by atoms with Crippen molar-refractivity contribution in [3.05, 3.63) is 34.9 Å². The zero-order valence-electron chi connectivity index (χ0n) is 13.3. The number of hydrogen-bond acceptors (Lipinski definition) is 6. The van der Waals surface area contributed by atoms with Crippen LogP contribution in [-0.4, -0.2) is 42.6 Å². The lowest BCUT2D eigenvalue weighted by atomic mass is 9.88. The number of aromatic nitrogens is 5. The average molecular weight is 317 g/mol. The van der Waals surface area contributed by atoms with E-state index in [0.717, 1.165) is 12.0 Å². The van der Waals surface area contributed by atoms with E-state index in [2.05, 4.69) is 28.9 Å². The summed E-state index contributed by atoms with van der Waals surface area (Å²) in [7, 11) is 0. The predicted molar refractivity (Wildman–Crippen MR) is 80.2 cm³/mol. The van der Waals surface area contributed by atoms with Crippen LogP contribution in [-0.2, 0) is 9.47 Å². The maximum Gasteiger partial charge on any atom is 0.351 e. The third-order valence-corrected chi connectivity index (χ3v) is 5.10. The molecule has 0 aliphatic carbocycles. The first-order chi connectivity index (χ1) is 11.1. The normalized spacial score (nSPS) is 32.6. The Bertz CT molecular complexity index is 787. The van der Waals surface area contributed by atoms with Gasteiger partial charge < -0.3 is 9.47 Å². The molecule has 0 spiro atoms. The van der Waals surface area contributed by atoms with Gasteiger partial charge in [0.2, 0.25) is 0 Å². The summed E-state index contributed by atoms with van der Waals surface area (Å²) in [6.07, 6.45) is 5.00. The molecule has 4 atom stereocenters. The summed E-state index contributed by atoms with van der Waals surface area (Å²) in [6, 6.07) is 0. The Morgan fingerprint density at radius 2 is 2.30 bits per heavy atom. The van der Waals surface area contributed by atoms with E-state index in [1.54, 1.807) is 6.20 Å². The molecule has 8 nitrogen and oxygen atoms in total. The molecule has 2 bridgehead atoms. The van der Waals surface area contributed by atoms with Crippen LogP contribution in [0.2, 0.25) is 0 Å². The van der Waals surface area contributed by atoms with E-state index < -0.39 is 6.23 Å². The monoisotopic (exact) mass is 317 g/mol. The molecule has 2 fully saturated rings. The van der Waals surface area contributed by atoms with E-state index in [1.807, 2.05) is 6.92 Å². The minimum absolute atomic E-state index is 0.119. The molecule has 23 heavy (non-hydrogen) atoms. The Balaban J connectivity index is 1.74. The van der Waals surface area contributed by atoms with Gasteiger partial charge in [-0.2, -0.15) is 10.1 Å². The molecule has 2 aliphatic heterocycles. The minimum atomic E-state index is -0.429. The first-order valence-corrected chi connectivity index (χ1v) is 7.80. The lowest BCUT2D eigenvalue weighted by Crippen LogP contribution is -2.39. The highest BCUT2D eigenvalue weighted by Gasteiger charge is 2.58. The summed E-state index contributed by atoms with van der Waals surface area (Å²) in [5, 5.41) is 4.03. The zero-order chi connectivity index (χ0) is 16.2. The molecule has 122 valence electrons. The predicted octanol–water partition coefficient (Wildman–Crippen LogP) is 0.845. The van der Waals surface area contributed by atoms with E-state index in [9.17, 15) is 4.79 Å². The highest BCUT2D eigenvalue weighted by molar-refractivity contribution is 5.28. The number of hydrogen-bond donors (Lipinski definition) is 0. The Labute approximate surface area is 133 Å². The first-order valence-electron chi connectivity index (χ1n) is 7.80. The lowest BCUT2D eigenvalue weighted by molar-refractivity contribution is -0.174. The minimum Gasteiger partial charge on any atom is -0.370 e. The second kappa shape index (κ2) is 4.97. The fourth-order valence-electron chi connectivity index (χ4n) is 3.60. The Morgan fingerprint density at radius 1 is 1.48 bits per heavy atom. The van der Waals surface area contributed by atoms with Gasteiger partial charge in [0.25, 0.3) is 0 Å². The number of rotatable bonds is 3. The fourth-order valence-corrected chi connectivity index (χ4v) is 3.60. The lowest BCUT2D eigenvalue weighted by Gasteiger charge is -2.31. The molecule has 2 aromatic heterocycles. The van der Waals surface area contributed by atoms with Crippen molar-refractivity contribution in [1.82, 2.24) is 24.3 Å². The summed E-state index contributed by atoms with van der Waals surface area (Å²) < 4.78 is 15.1.